The van der Waals surface area contributed by atoms with Crippen LogP contribution in [0.2, 0.25) is 0 Å². The maximum atomic E-state index is 13.5. The SMILES string of the molecule is CCC[NH+]1C/C(=C/c2cccc(F)c2)C(=O)/C(=C/c2cccc(F)c2)C1. The zero-order valence-electron chi connectivity index (χ0n) is 14.8. The van der Waals surface area contributed by atoms with Gasteiger partial charge in [-0.15, -0.1) is 0 Å². The number of halogens is 2. The molecule has 1 atom stereocenters. The largest absolute Gasteiger partial charge is 0.327 e. The summed E-state index contributed by atoms with van der Waals surface area (Å²) in [6.07, 6.45) is 4.53. The molecule has 0 radical (unpaired) electrons. The number of likely N-dealkylation sites (tertiary alicyclic amines) is 1. The minimum atomic E-state index is -0.323. The lowest BCUT2D eigenvalue weighted by Crippen LogP contribution is -3.13. The Kier molecular flexibility index (Phi) is 5.74. The van der Waals surface area contributed by atoms with Gasteiger partial charge in [0.2, 0.25) is 0 Å². The fraction of sp³-hybridized carbons (Fsp3) is 0.227. The molecule has 2 aromatic rings. The van der Waals surface area contributed by atoms with Crippen molar-refractivity contribution in [2.45, 2.75) is 13.3 Å². The average molecular weight is 354 g/mol. The molecule has 0 amide bonds. The second-order valence-electron chi connectivity index (χ2n) is 6.63. The molecule has 0 saturated carbocycles. The number of Topliss-reactive ketones (excluding diaryl/α,β-unsaturated/α-hetero) is 1. The van der Waals surface area contributed by atoms with Crippen molar-refractivity contribution in [3.63, 3.8) is 0 Å². The zero-order chi connectivity index (χ0) is 18.5. The molecule has 3 rings (SSSR count). The van der Waals surface area contributed by atoms with Crippen LogP contribution in [0.4, 0.5) is 8.78 Å². The summed E-state index contributed by atoms with van der Waals surface area (Å²) < 4.78 is 26.9. The average Bonchev–Trinajstić information content (AvgIpc) is 2.59. The summed E-state index contributed by atoms with van der Waals surface area (Å²) in [6.45, 7) is 4.27. The summed E-state index contributed by atoms with van der Waals surface area (Å²) in [5, 5.41) is 0. The number of rotatable bonds is 4. The van der Waals surface area contributed by atoms with Crippen LogP contribution in [0.15, 0.2) is 59.7 Å². The van der Waals surface area contributed by atoms with Crippen molar-refractivity contribution in [1.29, 1.82) is 0 Å². The first-order valence-corrected chi connectivity index (χ1v) is 8.85. The molecular formula is C22H22F2NO+. The Hall–Kier alpha value is -2.59. The van der Waals surface area contributed by atoms with Gasteiger partial charge < -0.3 is 4.90 Å². The highest BCUT2D eigenvalue weighted by Gasteiger charge is 2.28. The summed E-state index contributed by atoms with van der Waals surface area (Å²) in [5.41, 5.74) is 2.67. The molecule has 0 spiro atoms. The van der Waals surface area contributed by atoms with E-state index >= 15 is 0 Å². The predicted octanol–water partition coefficient (Wildman–Crippen LogP) is 3.31. The maximum Gasteiger partial charge on any atom is 0.196 e. The Morgan fingerprint density at radius 1 is 0.923 bits per heavy atom. The fourth-order valence-electron chi connectivity index (χ4n) is 3.33. The van der Waals surface area contributed by atoms with E-state index in [-0.39, 0.29) is 17.4 Å². The van der Waals surface area contributed by atoms with E-state index in [0.29, 0.717) is 35.4 Å². The molecule has 26 heavy (non-hydrogen) atoms. The van der Waals surface area contributed by atoms with Crippen molar-refractivity contribution in [2.24, 2.45) is 0 Å². The molecule has 134 valence electrons. The Balaban J connectivity index is 1.96. The van der Waals surface area contributed by atoms with Gasteiger partial charge in [-0.2, -0.15) is 0 Å². The van der Waals surface area contributed by atoms with Crippen molar-refractivity contribution in [2.75, 3.05) is 19.6 Å². The lowest BCUT2D eigenvalue weighted by atomic mass is 9.94. The fourth-order valence-corrected chi connectivity index (χ4v) is 3.33. The number of piperidine rings is 1. The summed E-state index contributed by atoms with van der Waals surface area (Å²) in [7, 11) is 0. The van der Waals surface area contributed by atoms with E-state index in [1.807, 2.05) is 0 Å². The van der Waals surface area contributed by atoms with E-state index in [1.165, 1.54) is 29.2 Å². The first kappa shape index (κ1) is 18.2. The number of quaternary nitrogens is 1. The molecule has 1 fully saturated rings. The summed E-state index contributed by atoms with van der Waals surface area (Å²) >= 11 is 0. The minimum Gasteiger partial charge on any atom is -0.327 e. The molecule has 1 aliphatic heterocycles. The summed E-state index contributed by atoms with van der Waals surface area (Å²) in [5.74, 6) is -0.690. The van der Waals surface area contributed by atoms with Gasteiger partial charge in [0.05, 0.1) is 17.7 Å². The highest BCUT2D eigenvalue weighted by molar-refractivity contribution is 6.14. The number of carbonyl (C=O) groups excluding carboxylic acids is 1. The summed E-state index contributed by atoms with van der Waals surface area (Å²) in [4.78, 5) is 14.2. The third kappa shape index (κ3) is 4.52. The van der Waals surface area contributed by atoms with E-state index in [2.05, 4.69) is 6.92 Å². The third-order valence-corrected chi connectivity index (χ3v) is 4.45. The van der Waals surface area contributed by atoms with Crippen molar-refractivity contribution in [1.82, 2.24) is 0 Å². The van der Waals surface area contributed by atoms with Gasteiger partial charge in [0, 0.05) is 0 Å². The van der Waals surface area contributed by atoms with E-state index in [9.17, 15) is 13.6 Å². The number of ketones is 1. The Labute approximate surface area is 152 Å². The van der Waals surface area contributed by atoms with Crippen molar-refractivity contribution < 1.29 is 18.5 Å². The molecule has 1 saturated heterocycles. The molecule has 0 aromatic heterocycles. The number of hydrogen-bond acceptors (Lipinski definition) is 1. The Morgan fingerprint density at radius 2 is 1.42 bits per heavy atom. The van der Waals surface area contributed by atoms with E-state index < -0.39 is 0 Å². The highest BCUT2D eigenvalue weighted by Crippen LogP contribution is 2.17. The molecule has 1 N–H and O–H groups in total. The van der Waals surface area contributed by atoms with Crippen LogP contribution in [-0.2, 0) is 4.79 Å². The van der Waals surface area contributed by atoms with Gasteiger partial charge in [-0.1, -0.05) is 31.2 Å². The maximum absolute atomic E-state index is 13.5. The molecule has 4 heteroatoms. The molecule has 1 heterocycles. The monoisotopic (exact) mass is 354 g/mol. The topological polar surface area (TPSA) is 21.5 Å². The highest BCUT2D eigenvalue weighted by atomic mass is 19.1. The number of hydrogen-bond donors (Lipinski definition) is 1. The zero-order valence-corrected chi connectivity index (χ0v) is 14.8. The predicted molar refractivity (Wildman–Crippen MR) is 99.6 cm³/mol. The number of benzene rings is 2. The van der Waals surface area contributed by atoms with Gasteiger partial charge in [-0.25, -0.2) is 8.78 Å². The molecule has 1 aliphatic rings. The smallest absolute Gasteiger partial charge is 0.196 e. The lowest BCUT2D eigenvalue weighted by molar-refractivity contribution is -0.891. The lowest BCUT2D eigenvalue weighted by Gasteiger charge is -2.26. The van der Waals surface area contributed by atoms with Gasteiger partial charge in [0.25, 0.3) is 0 Å². The van der Waals surface area contributed by atoms with E-state index in [4.69, 9.17) is 0 Å². The van der Waals surface area contributed by atoms with Crippen LogP contribution in [0.3, 0.4) is 0 Å². The van der Waals surface area contributed by atoms with Crippen molar-refractivity contribution in [3.05, 3.63) is 82.4 Å². The Morgan fingerprint density at radius 3 is 1.85 bits per heavy atom. The molecule has 0 bridgehead atoms. The van der Waals surface area contributed by atoms with Gasteiger partial charge in [-0.3, -0.25) is 4.79 Å². The van der Waals surface area contributed by atoms with Crippen molar-refractivity contribution >= 4 is 17.9 Å². The van der Waals surface area contributed by atoms with Gasteiger partial charge in [-0.05, 0) is 54.0 Å². The van der Waals surface area contributed by atoms with Crippen LogP contribution < -0.4 is 4.90 Å². The molecule has 2 nitrogen and oxygen atoms in total. The summed E-state index contributed by atoms with van der Waals surface area (Å²) in [6, 6.07) is 12.4. The quantitative estimate of drug-likeness (QED) is 0.836. The normalized spacial score (nSPS) is 20.7. The second kappa shape index (κ2) is 8.19. The molecule has 2 aromatic carbocycles. The van der Waals surface area contributed by atoms with Crippen LogP contribution in [0.5, 0.6) is 0 Å². The number of carbonyl (C=O) groups is 1. The van der Waals surface area contributed by atoms with Crippen LogP contribution in [-0.4, -0.2) is 25.4 Å². The van der Waals surface area contributed by atoms with Gasteiger partial charge in [0.15, 0.2) is 5.78 Å². The van der Waals surface area contributed by atoms with Gasteiger partial charge >= 0.3 is 0 Å². The number of nitrogens with one attached hydrogen (secondary N) is 1. The van der Waals surface area contributed by atoms with Crippen molar-refractivity contribution in [3.8, 4) is 0 Å². The van der Waals surface area contributed by atoms with Crippen LogP contribution in [0.1, 0.15) is 24.5 Å². The molecule has 1 unspecified atom stereocenters. The second-order valence-corrected chi connectivity index (χ2v) is 6.63. The van der Waals surface area contributed by atoms with Gasteiger partial charge in [0.1, 0.15) is 24.7 Å². The standard InChI is InChI=1S/C22H21F2NO/c1-2-9-25-14-18(10-16-5-3-7-20(23)12-16)22(26)19(15-25)11-17-6-4-8-21(24)13-17/h3-8,10-13H,2,9,14-15H2,1H3/p+1/b18-10-,19-11+. The molecule has 0 aliphatic carbocycles. The third-order valence-electron chi connectivity index (χ3n) is 4.45. The van der Waals surface area contributed by atoms with Crippen LogP contribution in [0, 0.1) is 11.6 Å². The minimum absolute atomic E-state index is 0.0432. The molecular weight excluding hydrogens is 332 g/mol. The van der Waals surface area contributed by atoms with Crippen LogP contribution in [0.25, 0.3) is 12.2 Å². The van der Waals surface area contributed by atoms with Crippen LogP contribution >= 0.6 is 0 Å². The first-order valence-electron chi connectivity index (χ1n) is 8.85. The first-order chi connectivity index (χ1) is 12.5. The van der Waals surface area contributed by atoms with E-state index in [1.54, 1.807) is 36.4 Å². The van der Waals surface area contributed by atoms with E-state index in [0.717, 1.165) is 13.0 Å². The Bertz CT molecular complexity index is 802.